The van der Waals surface area contributed by atoms with Gasteiger partial charge in [-0.15, -0.1) is 0 Å². The van der Waals surface area contributed by atoms with Gasteiger partial charge in [0.25, 0.3) is 5.91 Å². The van der Waals surface area contributed by atoms with E-state index in [9.17, 15) is 4.79 Å². The summed E-state index contributed by atoms with van der Waals surface area (Å²) in [7, 11) is 3.18. The van der Waals surface area contributed by atoms with Gasteiger partial charge < -0.3 is 19.5 Å². The molecule has 30 heavy (non-hydrogen) atoms. The largest absolute Gasteiger partial charge is 0.497 e. The SMILES string of the molecule is CCCCOc1ccccc1-c1cc(C(=O)NCc2ccc(OC)cc2OC)[nH]n1. The minimum atomic E-state index is -0.254. The minimum Gasteiger partial charge on any atom is -0.497 e. The molecule has 1 aromatic heterocycles. The van der Waals surface area contributed by atoms with Crippen LogP contribution in [0.4, 0.5) is 0 Å². The molecule has 0 radical (unpaired) electrons. The third kappa shape index (κ3) is 5.11. The van der Waals surface area contributed by atoms with Crippen LogP contribution in [0.5, 0.6) is 17.2 Å². The molecule has 7 nitrogen and oxygen atoms in total. The van der Waals surface area contributed by atoms with E-state index in [0.29, 0.717) is 36.0 Å². The van der Waals surface area contributed by atoms with E-state index in [1.807, 2.05) is 36.4 Å². The Bertz CT molecular complexity index is 984. The summed E-state index contributed by atoms with van der Waals surface area (Å²) in [5.41, 5.74) is 2.73. The first kappa shape index (κ1) is 21.2. The number of hydrogen-bond acceptors (Lipinski definition) is 5. The summed E-state index contributed by atoms with van der Waals surface area (Å²) in [4.78, 5) is 12.6. The number of unbranched alkanes of at least 4 members (excludes halogenated alkanes) is 1. The summed E-state index contributed by atoms with van der Waals surface area (Å²) in [6, 6.07) is 14.9. The predicted octanol–water partition coefficient (Wildman–Crippen LogP) is 4.20. The number of carbonyl (C=O) groups excluding carboxylic acids is 1. The Kier molecular flexibility index (Phi) is 7.32. The lowest BCUT2D eigenvalue weighted by Crippen LogP contribution is -2.23. The highest BCUT2D eigenvalue weighted by Crippen LogP contribution is 2.29. The highest BCUT2D eigenvalue weighted by molar-refractivity contribution is 5.93. The Morgan fingerprint density at radius 1 is 1.07 bits per heavy atom. The Morgan fingerprint density at radius 2 is 1.90 bits per heavy atom. The number of nitrogens with zero attached hydrogens (tertiary/aromatic N) is 1. The van der Waals surface area contributed by atoms with Crippen molar-refractivity contribution in [1.29, 1.82) is 0 Å². The fraction of sp³-hybridized carbons (Fsp3) is 0.304. The van der Waals surface area contributed by atoms with Crippen LogP contribution in [0.3, 0.4) is 0 Å². The second-order valence-corrected chi connectivity index (χ2v) is 6.73. The molecule has 1 amide bonds. The quantitative estimate of drug-likeness (QED) is 0.490. The molecule has 7 heteroatoms. The first-order valence-electron chi connectivity index (χ1n) is 9.93. The molecule has 0 fully saturated rings. The Hall–Kier alpha value is -3.48. The number of ether oxygens (including phenoxy) is 3. The molecule has 1 heterocycles. The van der Waals surface area contributed by atoms with E-state index in [1.165, 1.54) is 0 Å². The van der Waals surface area contributed by atoms with Gasteiger partial charge in [0.2, 0.25) is 0 Å². The molecule has 3 aromatic rings. The zero-order valence-electron chi connectivity index (χ0n) is 17.5. The number of benzene rings is 2. The van der Waals surface area contributed by atoms with Crippen molar-refractivity contribution in [2.45, 2.75) is 26.3 Å². The van der Waals surface area contributed by atoms with E-state index in [1.54, 1.807) is 26.4 Å². The normalized spacial score (nSPS) is 10.5. The summed E-state index contributed by atoms with van der Waals surface area (Å²) in [6.07, 6.45) is 2.05. The molecule has 2 N–H and O–H groups in total. The number of aromatic amines is 1. The Morgan fingerprint density at radius 3 is 2.67 bits per heavy atom. The van der Waals surface area contributed by atoms with Gasteiger partial charge in [-0.1, -0.05) is 25.5 Å². The van der Waals surface area contributed by atoms with Crippen LogP contribution in [0.15, 0.2) is 48.5 Å². The molecule has 0 aliphatic carbocycles. The molecule has 0 unspecified atom stereocenters. The van der Waals surface area contributed by atoms with Crippen LogP contribution in [0, 0.1) is 0 Å². The van der Waals surface area contributed by atoms with Crippen LogP contribution in [0.2, 0.25) is 0 Å². The molecule has 158 valence electrons. The monoisotopic (exact) mass is 409 g/mol. The van der Waals surface area contributed by atoms with Crippen molar-refractivity contribution < 1.29 is 19.0 Å². The van der Waals surface area contributed by atoms with Crippen molar-refractivity contribution in [2.75, 3.05) is 20.8 Å². The van der Waals surface area contributed by atoms with Gasteiger partial charge in [-0.3, -0.25) is 9.89 Å². The molecule has 0 spiro atoms. The third-order valence-corrected chi connectivity index (χ3v) is 4.67. The van der Waals surface area contributed by atoms with Crippen molar-refractivity contribution in [2.24, 2.45) is 0 Å². The van der Waals surface area contributed by atoms with Crippen molar-refractivity contribution >= 4 is 5.91 Å². The van der Waals surface area contributed by atoms with Gasteiger partial charge in [-0.05, 0) is 36.8 Å². The van der Waals surface area contributed by atoms with E-state index in [4.69, 9.17) is 14.2 Å². The molecular weight excluding hydrogens is 382 g/mol. The molecule has 0 aliphatic rings. The van der Waals surface area contributed by atoms with Gasteiger partial charge in [-0.2, -0.15) is 5.10 Å². The van der Waals surface area contributed by atoms with Crippen molar-refractivity contribution in [1.82, 2.24) is 15.5 Å². The van der Waals surface area contributed by atoms with Gasteiger partial charge in [0.1, 0.15) is 22.9 Å². The molecule has 3 rings (SSSR count). The van der Waals surface area contributed by atoms with Gasteiger partial charge >= 0.3 is 0 Å². The summed E-state index contributed by atoms with van der Waals surface area (Å²) in [6.45, 7) is 3.08. The van der Waals surface area contributed by atoms with Gasteiger partial charge in [-0.25, -0.2) is 0 Å². The molecule has 0 atom stereocenters. The molecule has 0 saturated carbocycles. The average Bonchev–Trinajstić information content (AvgIpc) is 3.28. The summed E-state index contributed by atoms with van der Waals surface area (Å²) < 4.78 is 16.4. The van der Waals surface area contributed by atoms with E-state index < -0.39 is 0 Å². The zero-order chi connectivity index (χ0) is 21.3. The lowest BCUT2D eigenvalue weighted by Gasteiger charge is -2.11. The second-order valence-electron chi connectivity index (χ2n) is 6.73. The first-order valence-corrected chi connectivity index (χ1v) is 9.93. The fourth-order valence-corrected chi connectivity index (χ4v) is 2.98. The topological polar surface area (TPSA) is 85.5 Å². The predicted molar refractivity (Wildman–Crippen MR) is 115 cm³/mol. The van der Waals surface area contributed by atoms with Crippen molar-refractivity contribution in [3.05, 3.63) is 59.8 Å². The van der Waals surface area contributed by atoms with Crippen LogP contribution in [0.1, 0.15) is 35.8 Å². The number of para-hydroxylation sites is 1. The van der Waals surface area contributed by atoms with Crippen LogP contribution in [-0.2, 0) is 6.54 Å². The summed E-state index contributed by atoms with van der Waals surface area (Å²) >= 11 is 0. The standard InChI is InChI=1S/C23H27N3O4/c1-4-5-12-30-21-9-7-6-8-18(21)19-14-20(26-25-19)23(27)24-15-16-10-11-17(28-2)13-22(16)29-3/h6-11,13-14H,4-5,12,15H2,1-3H3,(H,24,27)(H,25,26). The number of methoxy groups -OCH3 is 2. The van der Waals surface area contributed by atoms with E-state index in [2.05, 4.69) is 22.4 Å². The Labute approximate surface area is 176 Å². The summed E-state index contributed by atoms with van der Waals surface area (Å²) in [5, 5.41) is 10.0. The number of rotatable bonds is 10. The number of amides is 1. The zero-order valence-corrected chi connectivity index (χ0v) is 17.5. The Balaban J connectivity index is 1.69. The molecule has 0 saturated heterocycles. The lowest BCUT2D eigenvalue weighted by atomic mass is 10.1. The van der Waals surface area contributed by atoms with Crippen LogP contribution in [0.25, 0.3) is 11.3 Å². The maximum absolute atomic E-state index is 12.6. The third-order valence-electron chi connectivity index (χ3n) is 4.67. The van der Waals surface area contributed by atoms with Gasteiger partial charge in [0.05, 0.1) is 26.5 Å². The van der Waals surface area contributed by atoms with Gasteiger partial charge in [0.15, 0.2) is 0 Å². The average molecular weight is 409 g/mol. The molecule has 0 bridgehead atoms. The number of aromatic nitrogens is 2. The first-order chi connectivity index (χ1) is 14.7. The van der Waals surface area contributed by atoms with Crippen molar-refractivity contribution in [3.63, 3.8) is 0 Å². The highest BCUT2D eigenvalue weighted by atomic mass is 16.5. The smallest absolute Gasteiger partial charge is 0.269 e. The molecule has 2 aromatic carbocycles. The minimum absolute atomic E-state index is 0.254. The maximum atomic E-state index is 12.6. The van der Waals surface area contributed by atoms with E-state index in [0.717, 1.165) is 29.7 Å². The second kappa shape index (κ2) is 10.3. The van der Waals surface area contributed by atoms with Gasteiger partial charge in [0, 0.05) is 23.7 Å². The fourth-order valence-electron chi connectivity index (χ4n) is 2.98. The lowest BCUT2D eigenvalue weighted by molar-refractivity contribution is 0.0945. The molecule has 0 aliphatic heterocycles. The summed E-state index contributed by atoms with van der Waals surface area (Å²) in [5.74, 6) is 1.85. The van der Waals surface area contributed by atoms with E-state index in [-0.39, 0.29) is 5.91 Å². The van der Waals surface area contributed by atoms with Crippen LogP contribution >= 0.6 is 0 Å². The maximum Gasteiger partial charge on any atom is 0.269 e. The number of nitrogens with one attached hydrogen (secondary N) is 2. The number of H-pyrrole nitrogens is 1. The van der Waals surface area contributed by atoms with Crippen LogP contribution in [-0.4, -0.2) is 36.9 Å². The van der Waals surface area contributed by atoms with Crippen LogP contribution < -0.4 is 19.5 Å². The van der Waals surface area contributed by atoms with E-state index >= 15 is 0 Å². The number of carbonyl (C=O) groups is 1. The van der Waals surface area contributed by atoms with Crippen molar-refractivity contribution in [3.8, 4) is 28.5 Å². The highest BCUT2D eigenvalue weighted by Gasteiger charge is 2.15. The molecular formula is C23H27N3O4. The number of hydrogen-bond donors (Lipinski definition) is 2.